The van der Waals surface area contributed by atoms with Crippen molar-refractivity contribution in [1.82, 2.24) is 0 Å². The molecular formula is C19H22O5S4U. The zero-order valence-corrected chi connectivity index (χ0v) is 23.9. The van der Waals surface area contributed by atoms with Crippen LogP contribution in [0.5, 0.6) is 0 Å². The third kappa shape index (κ3) is 7.46. The summed E-state index contributed by atoms with van der Waals surface area (Å²) in [6.45, 7) is 1.97. The quantitative estimate of drug-likeness (QED) is 0.258. The number of benzene rings is 1. The number of thiocarbonyl (C=S) groups is 2. The molecule has 1 aliphatic carbocycles. The van der Waals surface area contributed by atoms with Gasteiger partial charge in [-0.25, -0.2) is 11.2 Å². The van der Waals surface area contributed by atoms with Crippen molar-refractivity contribution in [3.8, 4) is 0 Å². The van der Waals surface area contributed by atoms with Gasteiger partial charge >= 0.3 is 37.1 Å². The third-order valence-electron chi connectivity index (χ3n) is 4.28. The molecule has 4 atom stereocenters. The molecule has 0 aromatic heterocycles. The van der Waals surface area contributed by atoms with E-state index in [1.54, 1.807) is 19.2 Å². The SMILES string of the molecule is CO[C@H]1[CH-][C@H](OC(=S)SC)C2(C[C@H]2OC(=O)c2ccc(C)cc2)O1.CS[C-]=S.[U+2]. The van der Waals surface area contributed by atoms with Gasteiger partial charge in [-0.05, 0) is 43.8 Å². The molecule has 10 heteroatoms. The Bertz CT molecular complexity index is 702. The van der Waals surface area contributed by atoms with E-state index >= 15 is 0 Å². The van der Waals surface area contributed by atoms with Crippen LogP contribution in [0.15, 0.2) is 24.3 Å². The molecule has 1 saturated carbocycles. The summed E-state index contributed by atoms with van der Waals surface area (Å²) in [7, 11) is 1.56. The van der Waals surface area contributed by atoms with Gasteiger partial charge in [0, 0.05) is 25.9 Å². The minimum absolute atomic E-state index is 0. The molecule has 0 bridgehead atoms. The fraction of sp³-hybridized carbons (Fsp3) is 0.474. The predicted octanol–water partition coefficient (Wildman–Crippen LogP) is 4.09. The molecule has 1 saturated heterocycles. The van der Waals surface area contributed by atoms with E-state index in [4.69, 9.17) is 31.2 Å². The van der Waals surface area contributed by atoms with Crippen molar-refractivity contribution in [1.29, 1.82) is 0 Å². The van der Waals surface area contributed by atoms with Gasteiger partial charge in [0.25, 0.3) is 0 Å². The minimum atomic E-state index is -0.708. The van der Waals surface area contributed by atoms with Crippen LogP contribution in [0.4, 0.5) is 0 Å². The van der Waals surface area contributed by atoms with E-state index in [1.807, 2.05) is 38.0 Å². The van der Waals surface area contributed by atoms with Gasteiger partial charge in [-0.1, -0.05) is 29.5 Å². The summed E-state index contributed by atoms with van der Waals surface area (Å²) < 4.78 is 25.3. The maximum atomic E-state index is 12.3. The zero-order chi connectivity index (χ0) is 20.7. The van der Waals surface area contributed by atoms with E-state index in [1.165, 1.54) is 23.5 Å². The fourth-order valence-corrected chi connectivity index (χ4v) is 3.03. The van der Waals surface area contributed by atoms with Crippen LogP contribution in [-0.2, 0) is 18.9 Å². The Morgan fingerprint density at radius 1 is 1.31 bits per heavy atom. The molecule has 1 unspecified atom stereocenters. The van der Waals surface area contributed by atoms with Crippen LogP contribution in [0.25, 0.3) is 0 Å². The molecule has 1 spiro atoms. The Hall–Kier alpha value is 0.342. The molecule has 1 aromatic rings. The summed E-state index contributed by atoms with van der Waals surface area (Å²) in [6.07, 6.45) is 4.83. The van der Waals surface area contributed by atoms with E-state index in [0.29, 0.717) is 16.4 Å². The Kier molecular flexibility index (Phi) is 12.3. The molecule has 2 aliphatic rings. The molecule has 5 nitrogen and oxygen atoms in total. The topological polar surface area (TPSA) is 54.0 Å². The summed E-state index contributed by atoms with van der Waals surface area (Å²) >= 11 is 12.2. The maximum absolute atomic E-state index is 12.3. The second-order valence-electron chi connectivity index (χ2n) is 6.11. The average Bonchev–Trinajstić information content (AvgIpc) is 3.27. The molecule has 0 N–H and O–H groups in total. The first-order chi connectivity index (χ1) is 13.4. The fourth-order valence-electron chi connectivity index (χ4n) is 2.73. The molecule has 2 fully saturated rings. The van der Waals surface area contributed by atoms with Crippen molar-refractivity contribution in [3.05, 3.63) is 41.8 Å². The number of hydrogen-bond acceptors (Lipinski definition) is 9. The molecule has 156 valence electrons. The van der Waals surface area contributed by atoms with Gasteiger partial charge < -0.3 is 47.6 Å². The third-order valence-corrected chi connectivity index (χ3v) is 5.97. The number of thioether (sulfide) groups is 2. The Balaban J connectivity index is 0.000000771. The summed E-state index contributed by atoms with van der Waals surface area (Å²) in [5, 5.41) is 0. The van der Waals surface area contributed by atoms with Crippen molar-refractivity contribution in [2.75, 3.05) is 19.6 Å². The second-order valence-corrected chi connectivity index (χ2v) is 8.60. The van der Waals surface area contributed by atoms with E-state index in [0.717, 1.165) is 5.56 Å². The average molecular weight is 697 g/mol. The number of ether oxygens (including phenoxy) is 4. The summed E-state index contributed by atoms with van der Waals surface area (Å²) in [5.74, 6) is -0.368. The first-order valence-corrected chi connectivity index (χ1v) is 11.6. The van der Waals surface area contributed by atoms with E-state index in [-0.39, 0.29) is 43.2 Å². The largest absolute Gasteiger partial charge is 2.00 e. The van der Waals surface area contributed by atoms with Crippen molar-refractivity contribution < 1.29 is 54.9 Å². The normalized spacial score (nSPS) is 26.6. The molecule has 29 heavy (non-hydrogen) atoms. The van der Waals surface area contributed by atoms with Gasteiger partial charge in [0.05, 0.1) is 5.56 Å². The Morgan fingerprint density at radius 2 is 1.93 bits per heavy atom. The molecule has 3 rings (SSSR count). The molecule has 0 radical (unpaired) electrons. The van der Waals surface area contributed by atoms with Crippen LogP contribution in [-0.4, -0.2) is 58.8 Å². The van der Waals surface area contributed by atoms with Crippen molar-refractivity contribution >= 4 is 63.0 Å². The van der Waals surface area contributed by atoms with Crippen LogP contribution in [0.1, 0.15) is 22.3 Å². The number of carbonyl (C=O) groups is 1. The van der Waals surface area contributed by atoms with Crippen molar-refractivity contribution in [2.24, 2.45) is 0 Å². The van der Waals surface area contributed by atoms with E-state index in [2.05, 4.69) is 16.9 Å². The van der Waals surface area contributed by atoms with Gasteiger partial charge in [0.2, 0.25) is 4.38 Å². The van der Waals surface area contributed by atoms with Crippen LogP contribution < -0.4 is 0 Å². The molecule has 1 aromatic carbocycles. The summed E-state index contributed by atoms with van der Waals surface area (Å²) in [4.78, 5) is 12.3. The number of carbonyl (C=O) groups excluding carboxylic acids is 1. The predicted molar refractivity (Wildman–Crippen MR) is 121 cm³/mol. The number of aryl methyl sites for hydroxylation is 1. The minimum Gasteiger partial charge on any atom is -0.505 e. The molecule has 1 aliphatic heterocycles. The van der Waals surface area contributed by atoms with Crippen molar-refractivity contribution in [3.63, 3.8) is 0 Å². The Labute approximate surface area is 215 Å². The van der Waals surface area contributed by atoms with Gasteiger partial charge in [-0.3, -0.25) is 0 Å². The standard InChI is InChI=1S/C17H19O5S2.C2H3S2.U/c1-10-4-6-11(7-5-10)15(18)20-13-9-17(13)12(21-16(23)24-3)8-14(19-2)22-17;1-4-2-3;/h4-8,12-14H,9H2,1-3H3;1H3;/q2*-1;+2/t12-,13+,14+,17?;;/m0../s1. The van der Waals surface area contributed by atoms with Gasteiger partial charge in [0.1, 0.15) is 11.7 Å². The molecule has 1 heterocycles. The zero-order valence-electron chi connectivity index (χ0n) is 16.5. The van der Waals surface area contributed by atoms with E-state index < -0.39 is 18.0 Å². The number of rotatable bonds is 5. The monoisotopic (exact) mass is 696 g/mol. The van der Waals surface area contributed by atoms with Crippen LogP contribution in [0.2, 0.25) is 0 Å². The second kappa shape index (κ2) is 13.0. The first kappa shape index (κ1) is 27.4. The van der Waals surface area contributed by atoms with Crippen molar-refractivity contribution in [2.45, 2.75) is 37.4 Å². The number of esters is 1. The smallest absolute Gasteiger partial charge is 0.505 e. The number of hydrogen-bond donors (Lipinski definition) is 0. The molecular weight excluding hydrogens is 675 g/mol. The summed E-state index contributed by atoms with van der Waals surface area (Å²) in [6, 6.07) is 7.26. The van der Waals surface area contributed by atoms with E-state index in [9.17, 15) is 4.79 Å². The van der Waals surface area contributed by atoms with Gasteiger partial charge in [-0.2, -0.15) is 0 Å². The molecule has 0 amide bonds. The first-order valence-electron chi connectivity index (χ1n) is 8.38. The van der Waals surface area contributed by atoms with Crippen LogP contribution in [0, 0.1) is 44.5 Å². The summed E-state index contributed by atoms with van der Waals surface area (Å²) in [5.41, 5.74) is 0.899. The number of methoxy groups -OCH3 is 1. The van der Waals surface area contributed by atoms with Crippen LogP contribution >= 0.6 is 48.0 Å². The van der Waals surface area contributed by atoms with Gasteiger partial charge in [-0.15, -0.1) is 0 Å². The maximum Gasteiger partial charge on any atom is 2.00 e. The van der Waals surface area contributed by atoms with Gasteiger partial charge in [0.15, 0.2) is 0 Å². The Morgan fingerprint density at radius 3 is 2.45 bits per heavy atom. The van der Waals surface area contributed by atoms with Crippen LogP contribution in [0.3, 0.4) is 0 Å².